The number of halogens is 4. The first-order valence-electron chi connectivity index (χ1n) is 6.16. The summed E-state index contributed by atoms with van der Waals surface area (Å²) in [7, 11) is 0. The molecule has 0 heterocycles. The minimum absolute atomic E-state index is 0.0259. The van der Waals surface area contributed by atoms with Crippen molar-refractivity contribution < 1.29 is 27.5 Å². The van der Waals surface area contributed by atoms with Crippen LogP contribution in [0.3, 0.4) is 0 Å². The van der Waals surface area contributed by atoms with Crippen LogP contribution in [0.2, 0.25) is 0 Å². The van der Waals surface area contributed by atoms with Crippen molar-refractivity contribution in [2.24, 2.45) is 0 Å². The fourth-order valence-corrected chi connectivity index (χ4v) is 2.07. The normalized spacial score (nSPS) is 11.8. The predicted octanol–water partition coefficient (Wildman–Crippen LogP) is 4.61. The minimum Gasteiger partial charge on any atom is -0.478 e. The van der Waals surface area contributed by atoms with Gasteiger partial charge in [-0.1, -0.05) is 24.3 Å². The standard InChI is InChI=1S/C16H10F4O2/c17-12-5-1-4-11(9-12)15-10(7-8-14(21)22)3-2-6-13(15)16(18,19)20/h1-9H,(H,21,22). The average Bonchev–Trinajstić information content (AvgIpc) is 2.43. The monoisotopic (exact) mass is 310 g/mol. The SMILES string of the molecule is O=C(O)C=Cc1cccc(C(F)(F)F)c1-c1cccc(F)c1. The summed E-state index contributed by atoms with van der Waals surface area (Å²) >= 11 is 0. The third kappa shape index (κ3) is 3.52. The van der Waals surface area contributed by atoms with Crippen LogP contribution >= 0.6 is 0 Å². The molecule has 0 bridgehead atoms. The van der Waals surface area contributed by atoms with Crippen LogP contribution in [-0.4, -0.2) is 11.1 Å². The van der Waals surface area contributed by atoms with Crippen LogP contribution in [0.4, 0.5) is 17.6 Å². The molecule has 2 aromatic rings. The van der Waals surface area contributed by atoms with Gasteiger partial charge in [0.15, 0.2) is 0 Å². The van der Waals surface area contributed by atoms with Gasteiger partial charge < -0.3 is 5.11 Å². The molecule has 1 N–H and O–H groups in total. The van der Waals surface area contributed by atoms with E-state index in [0.717, 1.165) is 30.4 Å². The van der Waals surface area contributed by atoms with Crippen LogP contribution in [0.1, 0.15) is 11.1 Å². The maximum Gasteiger partial charge on any atom is 0.417 e. The van der Waals surface area contributed by atoms with Crippen molar-refractivity contribution in [3.8, 4) is 11.1 Å². The second-order valence-corrected chi connectivity index (χ2v) is 4.45. The molecule has 0 spiro atoms. The fourth-order valence-electron chi connectivity index (χ4n) is 2.07. The second kappa shape index (κ2) is 6.01. The van der Waals surface area contributed by atoms with E-state index in [0.29, 0.717) is 0 Å². The highest BCUT2D eigenvalue weighted by Gasteiger charge is 2.34. The van der Waals surface area contributed by atoms with Gasteiger partial charge in [0.2, 0.25) is 0 Å². The third-order valence-electron chi connectivity index (χ3n) is 2.92. The Bertz CT molecular complexity index is 733. The van der Waals surface area contributed by atoms with Crippen molar-refractivity contribution in [2.45, 2.75) is 6.18 Å². The number of hydrogen-bond acceptors (Lipinski definition) is 1. The van der Waals surface area contributed by atoms with Gasteiger partial charge >= 0.3 is 12.1 Å². The Morgan fingerprint density at radius 1 is 1.09 bits per heavy atom. The van der Waals surface area contributed by atoms with Gasteiger partial charge in [-0.25, -0.2) is 9.18 Å². The predicted molar refractivity (Wildman–Crippen MR) is 73.5 cm³/mol. The quantitative estimate of drug-likeness (QED) is 0.664. The summed E-state index contributed by atoms with van der Waals surface area (Å²) < 4.78 is 52.9. The van der Waals surface area contributed by atoms with Crippen molar-refractivity contribution in [3.05, 3.63) is 65.5 Å². The Morgan fingerprint density at radius 3 is 2.36 bits per heavy atom. The van der Waals surface area contributed by atoms with E-state index in [4.69, 9.17) is 5.11 Å². The van der Waals surface area contributed by atoms with Gasteiger partial charge in [-0.2, -0.15) is 13.2 Å². The van der Waals surface area contributed by atoms with Crippen molar-refractivity contribution in [2.75, 3.05) is 0 Å². The number of carbonyl (C=O) groups is 1. The Balaban J connectivity index is 2.73. The van der Waals surface area contributed by atoms with Gasteiger partial charge in [0.05, 0.1) is 5.56 Å². The lowest BCUT2D eigenvalue weighted by Crippen LogP contribution is -2.08. The first-order valence-corrected chi connectivity index (χ1v) is 6.16. The highest BCUT2D eigenvalue weighted by Crippen LogP contribution is 2.39. The number of aliphatic carboxylic acids is 1. The average molecular weight is 310 g/mol. The summed E-state index contributed by atoms with van der Waals surface area (Å²) in [5, 5.41) is 8.64. The second-order valence-electron chi connectivity index (χ2n) is 4.45. The molecular formula is C16H10F4O2. The van der Waals surface area contributed by atoms with Crippen molar-refractivity contribution >= 4 is 12.0 Å². The molecule has 6 heteroatoms. The van der Waals surface area contributed by atoms with Crippen LogP contribution in [0, 0.1) is 5.82 Å². The summed E-state index contributed by atoms with van der Waals surface area (Å²) in [6, 6.07) is 8.11. The molecule has 0 atom stereocenters. The molecule has 2 rings (SSSR count). The molecule has 2 aromatic carbocycles. The van der Waals surface area contributed by atoms with Crippen LogP contribution in [0.15, 0.2) is 48.5 Å². The van der Waals surface area contributed by atoms with Gasteiger partial charge in [-0.3, -0.25) is 0 Å². The smallest absolute Gasteiger partial charge is 0.417 e. The van der Waals surface area contributed by atoms with Gasteiger partial charge in [0.1, 0.15) is 5.82 Å². The van der Waals surface area contributed by atoms with Gasteiger partial charge in [0.25, 0.3) is 0 Å². The van der Waals surface area contributed by atoms with Crippen LogP contribution in [-0.2, 0) is 11.0 Å². The molecule has 0 radical (unpaired) electrons. The van der Waals surface area contributed by atoms with Gasteiger partial charge in [0, 0.05) is 11.6 Å². The molecule has 0 saturated carbocycles. The Labute approximate surface area is 123 Å². The van der Waals surface area contributed by atoms with E-state index in [-0.39, 0.29) is 16.7 Å². The summed E-state index contributed by atoms with van der Waals surface area (Å²) in [5.41, 5.74) is -1.14. The number of benzene rings is 2. The molecule has 0 fully saturated rings. The molecule has 114 valence electrons. The molecule has 0 aliphatic carbocycles. The lowest BCUT2D eigenvalue weighted by molar-refractivity contribution is -0.137. The topological polar surface area (TPSA) is 37.3 Å². The fraction of sp³-hybridized carbons (Fsp3) is 0.0625. The molecule has 0 aliphatic rings. The van der Waals surface area contributed by atoms with Crippen LogP contribution in [0.25, 0.3) is 17.2 Å². The van der Waals surface area contributed by atoms with E-state index in [2.05, 4.69) is 0 Å². The van der Waals surface area contributed by atoms with Gasteiger partial charge in [-0.05, 0) is 35.4 Å². The highest BCUT2D eigenvalue weighted by molar-refractivity contribution is 5.88. The van der Waals surface area contributed by atoms with Crippen LogP contribution in [0.5, 0.6) is 0 Å². The summed E-state index contributed by atoms with van der Waals surface area (Å²) in [6.07, 6.45) is -2.86. The molecule has 0 aromatic heterocycles. The molecule has 0 saturated heterocycles. The zero-order valence-electron chi connectivity index (χ0n) is 11.1. The lowest BCUT2D eigenvalue weighted by atomic mass is 9.93. The zero-order valence-corrected chi connectivity index (χ0v) is 11.1. The molecule has 2 nitrogen and oxygen atoms in total. The van der Waals surface area contributed by atoms with E-state index < -0.39 is 23.5 Å². The third-order valence-corrected chi connectivity index (χ3v) is 2.92. The maximum absolute atomic E-state index is 13.3. The van der Waals surface area contributed by atoms with E-state index in [9.17, 15) is 22.4 Å². The van der Waals surface area contributed by atoms with Crippen molar-refractivity contribution in [3.63, 3.8) is 0 Å². The van der Waals surface area contributed by atoms with Gasteiger partial charge in [-0.15, -0.1) is 0 Å². The maximum atomic E-state index is 13.3. The highest BCUT2D eigenvalue weighted by atomic mass is 19.4. The van der Waals surface area contributed by atoms with Crippen molar-refractivity contribution in [1.29, 1.82) is 0 Å². The largest absolute Gasteiger partial charge is 0.478 e. The van der Waals surface area contributed by atoms with Crippen LogP contribution < -0.4 is 0 Å². The lowest BCUT2D eigenvalue weighted by Gasteiger charge is -2.15. The minimum atomic E-state index is -4.64. The Hall–Kier alpha value is -2.63. The molecule has 0 aliphatic heterocycles. The number of rotatable bonds is 3. The molecule has 22 heavy (non-hydrogen) atoms. The first kappa shape index (κ1) is 15.8. The Morgan fingerprint density at radius 2 is 1.77 bits per heavy atom. The summed E-state index contributed by atoms with van der Waals surface area (Å²) in [4.78, 5) is 10.6. The number of carboxylic acids is 1. The zero-order chi connectivity index (χ0) is 16.3. The molecule has 0 amide bonds. The first-order chi connectivity index (χ1) is 10.3. The van der Waals surface area contributed by atoms with E-state index in [1.807, 2.05) is 0 Å². The van der Waals surface area contributed by atoms with E-state index in [1.165, 1.54) is 24.3 Å². The molecular weight excluding hydrogens is 300 g/mol. The van der Waals surface area contributed by atoms with E-state index in [1.54, 1.807) is 0 Å². The molecule has 0 unspecified atom stereocenters. The number of hydrogen-bond donors (Lipinski definition) is 1. The van der Waals surface area contributed by atoms with Crippen molar-refractivity contribution in [1.82, 2.24) is 0 Å². The summed E-state index contributed by atoms with van der Waals surface area (Å²) in [5.74, 6) is -1.97. The van der Waals surface area contributed by atoms with E-state index >= 15 is 0 Å². The summed E-state index contributed by atoms with van der Waals surface area (Å²) in [6.45, 7) is 0. The number of alkyl halides is 3. The Kier molecular flexibility index (Phi) is 4.30. The number of carboxylic acid groups (broad SMARTS) is 1.